The summed E-state index contributed by atoms with van der Waals surface area (Å²) in [5.41, 5.74) is 2.85. The molecule has 1 aromatic carbocycles. The van der Waals surface area contributed by atoms with Gasteiger partial charge in [0, 0.05) is 6.04 Å². The van der Waals surface area contributed by atoms with Gasteiger partial charge in [0.1, 0.15) is 12.4 Å². The molecule has 2 rings (SSSR count). The highest BCUT2D eigenvalue weighted by molar-refractivity contribution is 5.39. The van der Waals surface area contributed by atoms with Crippen LogP contribution >= 0.6 is 0 Å². The summed E-state index contributed by atoms with van der Waals surface area (Å²) < 4.78 is 11.2. The van der Waals surface area contributed by atoms with Gasteiger partial charge in [-0.05, 0) is 63.4 Å². The van der Waals surface area contributed by atoms with E-state index in [1.54, 1.807) is 0 Å². The van der Waals surface area contributed by atoms with Gasteiger partial charge in [0.2, 0.25) is 0 Å². The fraction of sp³-hybridized carbons (Fsp3) is 0.625. The highest BCUT2D eigenvalue weighted by atomic mass is 16.5. The highest BCUT2D eigenvalue weighted by Crippen LogP contribution is 2.31. The molecule has 0 fully saturated rings. The summed E-state index contributed by atoms with van der Waals surface area (Å²) in [5.74, 6) is 0.961. The quantitative estimate of drug-likeness (QED) is 0.800. The molecule has 106 valence electrons. The molecule has 0 spiro atoms. The summed E-state index contributed by atoms with van der Waals surface area (Å²) in [6.45, 7) is 5.34. The standard InChI is InChI=1S/C16H25NO2/c1-12(2)18-9-10-19-14-7-8-15-13(11-14)5-4-6-16(15)17-3/h7-8,11-12,16-17H,4-6,9-10H2,1-3H3. The molecule has 3 heteroatoms. The van der Waals surface area contributed by atoms with Crippen LogP contribution in [-0.2, 0) is 11.2 Å². The topological polar surface area (TPSA) is 30.5 Å². The van der Waals surface area contributed by atoms with E-state index in [-0.39, 0.29) is 6.10 Å². The Balaban J connectivity index is 1.93. The van der Waals surface area contributed by atoms with Gasteiger partial charge in [0.15, 0.2) is 0 Å². The summed E-state index contributed by atoms with van der Waals surface area (Å²) in [5, 5.41) is 3.38. The van der Waals surface area contributed by atoms with Crippen LogP contribution in [0.25, 0.3) is 0 Å². The van der Waals surface area contributed by atoms with Crippen molar-refractivity contribution in [2.75, 3.05) is 20.3 Å². The molecule has 1 N–H and O–H groups in total. The summed E-state index contributed by atoms with van der Waals surface area (Å²) in [4.78, 5) is 0. The molecular formula is C16H25NO2. The van der Waals surface area contributed by atoms with Crippen molar-refractivity contribution in [3.8, 4) is 5.75 Å². The van der Waals surface area contributed by atoms with Crippen molar-refractivity contribution in [3.05, 3.63) is 29.3 Å². The van der Waals surface area contributed by atoms with Crippen molar-refractivity contribution < 1.29 is 9.47 Å². The highest BCUT2D eigenvalue weighted by Gasteiger charge is 2.18. The number of aryl methyl sites for hydroxylation is 1. The van der Waals surface area contributed by atoms with E-state index in [9.17, 15) is 0 Å². The first-order valence-electron chi connectivity index (χ1n) is 7.25. The molecule has 0 aromatic heterocycles. The molecular weight excluding hydrogens is 238 g/mol. The van der Waals surface area contributed by atoms with Gasteiger partial charge in [0.05, 0.1) is 12.7 Å². The third-order valence-corrected chi connectivity index (χ3v) is 3.58. The second-order valence-electron chi connectivity index (χ2n) is 5.36. The van der Waals surface area contributed by atoms with E-state index in [1.165, 1.54) is 24.0 Å². The zero-order chi connectivity index (χ0) is 13.7. The van der Waals surface area contributed by atoms with Crippen LogP contribution in [-0.4, -0.2) is 26.4 Å². The number of benzene rings is 1. The number of hydrogen-bond acceptors (Lipinski definition) is 3. The average Bonchev–Trinajstić information content (AvgIpc) is 2.42. The third-order valence-electron chi connectivity index (χ3n) is 3.58. The molecule has 1 aromatic rings. The van der Waals surface area contributed by atoms with Gasteiger partial charge in [-0.15, -0.1) is 0 Å². The lowest BCUT2D eigenvalue weighted by atomic mass is 9.87. The maximum absolute atomic E-state index is 5.75. The van der Waals surface area contributed by atoms with Crippen molar-refractivity contribution in [3.63, 3.8) is 0 Å². The predicted octanol–water partition coefficient (Wildman–Crippen LogP) is 3.09. The summed E-state index contributed by atoms with van der Waals surface area (Å²) in [6, 6.07) is 6.97. The van der Waals surface area contributed by atoms with Crippen molar-refractivity contribution in [2.24, 2.45) is 0 Å². The Labute approximate surface area is 116 Å². The Hall–Kier alpha value is -1.06. The van der Waals surface area contributed by atoms with Gasteiger partial charge in [-0.2, -0.15) is 0 Å². The molecule has 0 saturated carbocycles. The van der Waals surface area contributed by atoms with Crippen molar-refractivity contribution in [1.82, 2.24) is 5.32 Å². The molecule has 3 nitrogen and oxygen atoms in total. The Bertz CT molecular complexity index is 404. The van der Waals surface area contributed by atoms with Crippen LogP contribution in [0.1, 0.15) is 43.9 Å². The fourth-order valence-corrected chi connectivity index (χ4v) is 2.62. The van der Waals surface area contributed by atoms with Crippen molar-refractivity contribution in [1.29, 1.82) is 0 Å². The minimum Gasteiger partial charge on any atom is -0.491 e. The zero-order valence-electron chi connectivity index (χ0n) is 12.2. The number of rotatable bonds is 6. The van der Waals surface area contributed by atoms with Crippen LogP contribution in [0.3, 0.4) is 0 Å². The first-order chi connectivity index (χ1) is 9.20. The number of ether oxygens (including phenoxy) is 2. The second kappa shape index (κ2) is 6.92. The molecule has 0 bridgehead atoms. The van der Waals surface area contributed by atoms with E-state index in [4.69, 9.17) is 9.47 Å². The Morgan fingerprint density at radius 3 is 2.89 bits per heavy atom. The molecule has 19 heavy (non-hydrogen) atoms. The van der Waals surface area contributed by atoms with Gasteiger partial charge in [-0.25, -0.2) is 0 Å². The molecule has 0 amide bonds. The van der Waals surface area contributed by atoms with Crippen LogP contribution in [0.15, 0.2) is 18.2 Å². The largest absolute Gasteiger partial charge is 0.491 e. The Morgan fingerprint density at radius 1 is 1.32 bits per heavy atom. The minimum atomic E-state index is 0.267. The minimum absolute atomic E-state index is 0.267. The van der Waals surface area contributed by atoms with Gasteiger partial charge in [-0.1, -0.05) is 6.07 Å². The molecule has 0 radical (unpaired) electrons. The monoisotopic (exact) mass is 263 g/mol. The van der Waals surface area contributed by atoms with Gasteiger partial charge >= 0.3 is 0 Å². The summed E-state index contributed by atoms with van der Waals surface area (Å²) in [6.07, 6.45) is 3.90. The van der Waals surface area contributed by atoms with Crippen LogP contribution in [0.5, 0.6) is 5.75 Å². The maximum atomic E-state index is 5.75. The summed E-state index contributed by atoms with van der Waals surface area (Å²) >= 11 is 0. The number of nitrogens with one attached hydrogen (secondary N) is 1. The lowest BCUT2D eigenvalue weighted by Crippen LogP contribution is -2.21. The molecule has 0 saturated heterocycles. The molecule has 1 unspecified atom stereocenters. The van der Waals surface area contributed by atoms with Crippen LogP contribution in [0.2, 0.25) is 0 Å². The third kappa shape index (κ3) is 3.95. The lowest BCUT2D eigenvalue weighted by Gasteiger charge is -2.25. The normalized spacial score (nSPS) is 18.4. The summed E-state index contributed by atoms with van der Waals surface area (Å²) in [7, 11) is 2.04. The SMILES string of the molecule is CNC1CCCc2cc(OCCOC(C)C)ccc21. The number of fused-ring (bicyclic) bond motifs is 1. The molecule has 0 heterocycles. The molecule has 1 aliphatic rings. The van der Waals surface area contributed by atoms with E-state index in [2.05, 4.69) is 23.5 Å². The second-order valence-corrected chi connectivity index (χ2v) is 5.36. The molecule has 1 aliphatic carbocycles. The lowest BCUT2D eigenvalue weighted by molar-refractivity contribution is 0.0552. The zero-order valence-corrected chi connectivity index (χ0v) is 12.2. The number of hydrogen-bond donors (Lipinski definition) is 1. The van der Waals surface area contributed by atoms with E-state index in [0.717, 1.165) is 12.2 Å². The van der Waals surface area contributed by atoms with Gasteiger partial charge in [-0.3, -0.25) is 0 Å². The van der Waals surface area contributed by atoms with Crippen LogP contribution in [0.4, 0.5) is 0 Å². The van der Waals surface area contributed by atoms with Crippen LogP contribution in [0, 0.1) is 0 Å². The van der Waals surface area contributed by atoms with E-state index in [0.29, 0.717) is 19.3 Å². The predicted molar refractivity (Wildman–Crippen MR) is 77.8 cm³/mol. The fourth-order valence-electron chi connectivity index (χ4n) is 2.62. The first-order valence-corrected chi connectivity index (χ1v) is 7.25. The van der Waals surface area contributed by atoms with Crippen LogP contribution < -0.4 is 10.1 Å². The van der Waals surface area contributed by atoms with E-state index in [1.807, 2.05) is 20.9 Å². The Kier molecular flexibility index (Phi) is 5.23. The average molecular weight is 263 g/mol. The molecule has 1 atom stereocenters. The van der Waals surface area contributed by atoms with E-state index >= 15 is 0 Å². The maximum Gasteiger partial charge on any atom is 0.119 e. The van der Waals surface area contributed by atoms with E-state index < -0.39 is 0 Å². The van der Waals surface area contributed by atoms with Crippen molar-refractivity contribution >= 4 is 0 Å². The van der Waals surface area contributed by atoms with Gasteiger partial charge < -0.3 is 14.8 Å². The molecule has 0 aliphatic heterocycles. The van der Waals surface area contributed by atoms with Gasteiger partial charge in [0.25, 0.3) is 0 Å². The smallest absolute Gasteiger partial charge is 0.119 e. The Morgan fingerprint density at radius 2 is 2.16 bits per heavy atom. The first kappa shape index (κ1) is 14.4. The van der Waals surface area contributed by atoms with Crippen molar-refractivity contribution in [2.45, 2.75) is 45.3 Å².